The van der Waals surface area contributed by atoms with E-state index in [-0.39, 0.29) is 11.7 Å². The van der Waals surface area contributed by atoms with Gasteiger partial charge in [0.2, 0.25) is 0 Å². The number of amides is 1. The summed E-state index contributed by atoms with van der Waals surface area (Å²) < 4.78 is 0. The number of aromatic nitrogens is 1. The zero-order valence-corrected chi connectivity index (χ0v) is 13.8. The van der Waals surface area contributed by atoms with Crippen LogP contribution in [0.25, 0.3) is 0 Å². The molecule has 1 amide bonds. The van der Waals surface area contributed by atoms with Crippen LogP contribution in [0.2, 0.25) is 0 Å². The van der Waals surface area contributed by atoms with Gasteiger partial charge in [-0.15, -0.1) is 11.3 Å². The number of thiazole rings is 1. The average molecular weight is 337 g/mol. The van der Waals surface area contributed by atoms with Crippen LogP contribution in [0, 0.1) is 0 Å². The van der Waals surface area contributed by atoms with Crippen molar-refractivity contribution < 1.29 is 9.59 Å². The van der Waals surface area contributed by atoms with Crippen LogP contribution in [-0.2, 0) is 0 Å². The molecule has 1 aromatic heterocycles. The van der Waals surface area contributed by atoms with Gasteiger partial charge in [-0.25, -0.2) is 4.98 Å². The molecule has 0 aliphatic carbocycles. The van der Waals surface area contributed by atoms with Crippen LogP contribution < -0.4 is 10.6 Å². The van der Waals surface area contributed by atoms with Crippen molar-refractivity contribution in [3.8, 4) is 0 Å². The number of nitrogens with one attached hydrogen (secondary N) is 2. The number of anilines is 3. The SMILES string of the molecule is CC(=O)c1ccc(NC(=O)c2csc(Nc3ccccc3)n2)cc1. The minimum absolute atomic E-state index is 0.0102. The number of carbonyl (C=O) groups is 2. The van der Waals surface area contributed by atoms with Gasteiger partial charge in [0.25, 0.3) is 5.91 Å². The van der Waals surface area contributed by atoms with Crippen molar-refractivity contribution in [3.05, 3.63) is 71.2 Å². The van der Waals surface area contributed by atoms with Gasteiger partial charge in [0.1, 0.15) is 5.69 Å². The predicted molar refractivity (Wildman–Crippen MR) is 96.2 cm³/mol. The van der Waals surface area contributed by atoms with E-state index < -0.39 is 0 Å². The molecule has 1 heterocycles. The maximum Gasteiger partial charge on any atom is 0.275 e. The predicted octanol–water partition coefficient (Wildman–Crippen LogP) is 4.34. The van der Waals surface area contributed by atoms with E-state index in [2.05, 4.69) is 15.6 Å². The number of benzene rings is 2. The monoisotopic (exact) mass is 337 g/mol. The Hall–Kier alpha value is -2.99. The van der Waals surface area contributed by atoms with Crippen molar-refractivity contribution in [2.45, 2.75) is 6.92 Å². The van der Waals surface area contributed by atoms with Crippen molar-refractivity contribution in [2.24, 2.45) is 0 Å². The molecule has 0 fully saturated rings. The number of para-hydroxylation sites is 1. The number of hydrogen-bond donors (Lipinski definition) is 2. The van der Waals surface area contributed by atoms with Crippen LogP contribution in [0.5, 0.6) is 0 Å². The first-order valence-corrected chi connectivity index (χ1v) is 8.20. The normalized spacial score (nSPS) is 10.2. The van der Waals surface area contributed by atoms with Crippen molar-refractivity contribution in [1.29, 1.82) is 0 Å². The first kappa shape index (κ1) is 15.9. The average Bonchev–Trinajstić information content (AvgIpc) is 3.05. The summed E-state index contributed by atoms with van der Waals surface area (Å²) in [5, 5.41) is 8.27. The highest BCUT2D eigenvalue weighted by Gasteiger charge is 2.11. The Balaban J connectivity index is 1.66. The summed E-state index contributed by atoms with van der Waals surface area (Å²) in [5.74, 6) is -0.299. The Bertz CT molecular complexity index is 857. The Morgan fingerprint density at radius 1 is 0.958 bits per heavy atom. The highest BCUT2D eigenvalue weighted by atomic mass is 32.1. The Morgan fingerprint density at radius 3 is 2.33 bits per heavy atom. The third-order valence-electron chi connectivity index (χ3n) is 3.31. The van der Waals surface area contributed by atoms with Crippen LogP contribution in [0.4, 0.5) is 16.5 Å². The third-order valence-corrected chi connectivity index (χ3v) is 4.07. The van der Waals surface area contributed by atoms with Crippen molar-refractivity contribution in [3.63, 3.8) is 0 Å². The van der Waals surface area contributed by atoms with E-state index in [0.29, 0.717) is 22.1 Å². The van der Waals surface area contributed by atoms with E-state index in [1.807, 2.05) is 30.3 Å². The van der Waals surface area contributed by atoms with Crippen LogP contribution in [-0.4, -0.2) is 16.7 Å². The quantitative estimate of drug-likeness (QED) is 0.679. The summed E-state index contributed by atoms with van der Waals surface area (Å²) in [7, 11) is 0. The smallest absolute Gasteiger partial charge is 0.275 e. The molecule has 0 atom stereocenters. The molecule has 0 aliphatic heterocycles. The van der Waals surface area contributed by atoms with E-state index in [0.717, 1.165) is 5.69 Å². The molecular weight excluding hydrogens is 322 g/mol. The molecular formula is C18H15N3O2S. The summed E-state index contributed by atoms with van der Waals surface area (Å²) in [6.07, 6.45) is 0. The van der Waals surface area contributed by atoms with Gasteiger partial charge in [-0.05, 0) is 43.3 Å². The first-order valence-electron chi connectivity index (χ1n) is 7.32. The van der Waals surface area contributed by atoms with Crippen molar-refractivity contribution >= 4 is 39.5 Å². The molecule has 0 bridgehead atoms. The van der Waals surface area contributed by atoms with Crippen LogP contribution in [0.1, 0.15) is 27.8 Å². The lowest BCUT2D eigenvalue weighted by atomic mass is 10.1. The van der Waals surface area contributed by atoms with Crippen LogP contribution in [0.15, 0.2) is 60.0 Å². The summed E-state index contributed by atoms with van der Waals surface area (Å²) >= 11 is 1.36. The zero-order chi connectivity index (χ0) is 16.9. The molecule has 0 saturated heterocycles. The van der Waals surface area contributed by atoms with Gasteiger partial charge >= 0.3 is 0 Å². The summed E-state index contributed by atoms with van der Waals surface area (Å²) in [6.45, 7) is 1.50. The summed E-state index contributed by atoms with van der Waals surface area (Å²) in [5.41, 5.74) is 2.49. The molecule has 0 spiro atoms. The standard InChI is InChI=1S/C18H15N3O2S/c1-12(22)13-7-9-15(10-8-13)19-17(23)16-11-24-18(21-16)20-14-5-3-2-4-6-14/h2-11H,1H3,(H,19,23)(H,20,21). The van der Waals surface area contributed by atoms with Crippen LogP contribution >= 0.6 is 11.3 Å². The van der Waals surface area contributed by atoms with E-state index in [1.165, 1.54) is 18.3 Å². The lowest BCUT2D eigenvalue weighted by Gasteiger charge is -2.04. The molecule has 5 nitrogen and oxygen atoms in total. The van der Waals surface area contributed by atoms with Gasteiger partial charge in [-0.3, -0.25) is 9.59 Å². The topological polar surface area (TPSA) is 71.1 Å². The molecule has 3 rings (SSSR count). The zero-order valence-electron chi connectivity index (χ0n) is 12.9. The molecule has 24 heavy (non-hydrogen) atoms. The van der Waals surface area contributed by atoms with E-state index in [1.54, 1.807) is 29.6 Å². The number of Topliss-reactive ketones (excluding diaryl/α,β-unsaturated/α-hetero) is 1. The summed E-state index contributed by atoms with van der Waals surface area (Å²) in [6, 6.07) is 16.4. The highest BCUT2D eigenvalue weighted by Crippen LogP contribution is 2.21. The van der Waals surface area contributed by atoms with Gasteiger partial charge in [-0.1, -0.05) is 18.2 Å². The lowest BCUT2D eigenvalue weighted by molar-refractivity contribution is 0.101. The number of carbonyl (C=O) groups excluding carboxylic acids is 2. The van der Waals surface area contributed by atoms with Gasteiger partial charge in [-0.2, -0.15) is 0 Å². The number of ketones is 1. The second-order valence-corrected chi connectivity index (χ2v) is 5.97. The fourth-order valence-electron chi connectivity index (χ4n) is 2.06. The fourth-order valence-corrected chi connectivity index (χ4v) is 2.77. The molecule has 0 unspecified atom stereocenters. The minimum atomic E-state index is -0.289. The molecule has 6 heteroatoms. The van der Waals surface area contributed by atoms with Gasteiger partial charge in [0, 0.05) is 22.3 Å². The molecule has 3 aromatic rings. The highest BCUT2D eigenvalue weighted by molar-refractivity contribution is 7.14. The van der Waals surface area contributed by atoms with Crippen molar-refractivity contribution in [1.82, 2.24) is 4.98 Å². The molecule has 0 radical (unpaired) electrons. The largest absolute Gasteiger partial charge is 0.332 e. The van der Waals surface area contributed by atoms with E-state index >= 15 is 0 Å². The Kier molecular flexibility index (Phi) is 4.67. The summed E-state index contributed by atoms with van der Waals surface area (Å²) in [4.78, 5) is 27.8. The molecule has 2 aromatic carbocycles. The fraction of sp³-hybridized carbons (Fsp3) is 0.0556. The number of nitrogens with zero attached hydrogens (tertiary/aromatic N) is 1. The number of rotatable bonds is 5. The Morgan fingerprint density at radius 2 is 1.67 bits per heavy atom. The van der Waals surface area contributed by atoms with Gasteiger partial charge in [0.15, 0.2) is 10.9 Å². The maximum atomic E-state index is 12.2. The molecule has 0 saturated carbocycles. The third kappa shape index (κ3) is 3.85. The second-order valence-electron chi connectivity index (χ2n) is 5.12. The van der Waals surface area contributed by atoms with Crippen LogP contribution in [0.3, 0.4) is 0 Å². The van der Waals surface area contributed by atoms with Gasteiger partial charge in [0.05, 0.1) is 0 Å². The van der Waals surface area contributed by atoms with Crippen molar-refractivity contribution in [2.75, 3.05) is 10.6 Å². The van der Waals surface area contributed by atoms with E-state index in [9.17, 15) is 9.59 Å². The maximum absolute atomic E-state index is 12.2. The molecule has 2 N–H and O–H groups in total. The van der Waals surface area contributed by atoms with E-state index in [4.69, 9.17) is 0 Å². The minimum Gasteiger partial charge on any atom is -0.332 e. The first-order chi connectivity index (χ1) is 11.6. The molecule has 0 aliphatic rings. The molecule has 120 valence electrons. The lowest BCUT2D eigenvalue weighted by Crippen LogP contribution is -2.12. The number of hydrogen-bond acceptors (Lipinski definition) is 5. The second kappa shape index (κ2) is 7.06. The van der Waals surface area contributed by atoms with Gasteiger partial charge < -0.3 is 10.6 Å². The Labute approximate surface area is 143 Å².